The van der Waals surface area contributed by atoms with Crippen molar-refractivity contribution in [2.24, 2.45) is 10.2 Å². The highest BCUT2D eigenvalue weighted by Gasteiger charge is 2.28. The Bertz CT molecular complexity index is 1030. The van der Waals surface area contributed by atoms with Gasteiger partial charge in [-0.3, -0.25) is 4.90 Å². The smallest absolute Gasteiger partial charge is 0.232 e. The highest BCUT2D eigenvalue weighted by atomic mass is 16.4. The first-order chi connectivity index (χ1) is 12.7. The minimum Gasteiger partial charge on any atom is -0.443 e. The van der Waals surface area contributed by atoms with E-state index in [2.05, 4.69) is 58.5 Å². The zero-order chi connectivity index (χ0) is 17.7. The molecule has 0 atom stereocenters. The Hall–Kier alpha value is -2.88. The Balaban J connectivity index is 1.80. The summed E-state index contributed by atoms with van der Waals surface area (Å²) in [6.07, 6.45) is 4.75. The van der Waals surface area contributed by atoms with Crippen LogP contribution in [0.2, 0.25) is 0 Å². The van der Waals surface area contributed by atoms with Gasteiger partial charge in [0.15, 0.2) is 0 Å². The molecule has 0 fully saturated rings. The maximum atomic E-state index is 6.10. The van der Waals surface area contributed by atoms with Crippen LogP contribution in [0.4, 0.5) is 28.6 Å². The van der Waals surface area contributed by atoms with E-state index in [0.29, 0.717) is 0 Å². The quantitative estimate of drug-likeness (QED) is 0.374. The van der Waals surface area contributed by atoms with Crippen LogP contribution >= 0.6 is 0 Å². The number of nitrogens with zero attached hydrogens (tertiary/aromatic N) is 3. The topological polar surface area (TPSA) is 41.1 Å². The summed E-state index contributed by atoms with van der Waals surface area (Å²) in [6.45, 7) is 4.04. The fourth-order valence-electron chi connectivity index (χ4n) is 4.05. The molecule has 0 radical (unpaired) electrons. The maximum absolute atomic E-state index is 6.10. The predicted octanol–water partition coefficient (Wildman–Crippen LogP) is 6.97. The van der Waals surface area contributed by atoms with E-state index in [1.54, 1.807) is 0 Å². The van der Waals surface area contributed by atoms with Gasteiger partial charge in [0.1, 0.15) is 17.1 Å². The van der Waals surface area contributed by atoms with Crippen molar-refractivity contribution in [1.29, 1.82) is 0 Å². The van der Waals surface area contributed by atoms with Gasteiger partial charge in [0, 0.05) is 6.07 Å². The summed E-state index contributed by atoms with van der Waals surface area (Å²) in [5, 5.41) is 8.98. The van der Waals surface area contributed by atoms with E-state index in [4.69, 9.17) is 4.42 Å². The first-order valence-corrected chi connectivity index (χ1v) is 9.24. The molecule has 0 bridgehead atoms. The zero-order valence-electron chi connectivity index (χ0n) is 15.1. The van der Waals surface area contributed by atoms with E-state index in [1.807, 2.05) is 13.0 Å². The predicted molar refractivity (Wildman–Crippen MR) is 104 cm³/mol. The van der Waals surface area contributed by atoms with E-state index in [9.17, 15) is 0 Å². The minimum absolute atomic E-state index is 0.757. The van der Waals surface area contributed by atoms with E-state index in [1.165, 1.54) is 35.2 Å². The molecule has 3 aromatic rings. The lowest BCUT2D eigenvalue weighted by Crippen LogP contribution is -2.14. The third-order valence-corrected chi connectivity index (χ3v) is 5.27. The average Bonchev–Trinajstić information content (AvgIpc) is 2.95. The molecule has 4 nitrogen and oxygen atoms in total. The van der Waals surface area contributed by atoms with Gasteiger partial charge < -0.3 is 4.42 Å². The van der Waals surface area contributed by atoms with Crippen molar-refractivity contribution in [2.75, 3.05) is 4.90 Å². The molecule has 0 amide bonds. The largest absolute Gasteiger partial charge is 0.443 e. The summed E-state index contributed by atoms with van der Waals surface area (Å²) in [4.78, 5) is 2.21. The van der Waals surface area contributed by atoms with Crippen LogP contribution in [0.25, 0.3) is 0 Å². The lowest BCUT2D eigenvalue weighted by atomic mass is 9.90. The summed E-state index contributed by atoms with van der Waals surface area (Å²) in [6, 6.07) is 14.9. The molecule has 5 rings (SSSR count). The number of anilines is 3. The second-order valence-electron chi connectivity index (χ2n) is 7.20. The van der Waals surface area contributed by atoms with E-state index in [-0.39, 0.29) is 0 Å². The minimum atomic E-state index is 0.757. The number of furan rings is 1. The highest BCUT2D eigenvalue weighted by molar-refractivity contribution is 5.88. The van der Waals surface area contributed by atoms with Crippen LogP contribution in [0, 0.1) is 13.8 Å². The monoisotopic (exact) mass is 343 g/mol. The summed E-state index contributed by atoms with van der Waals surface area (Å²) in [5.41, 5.74) is 7.92. The van der Waals surface area contributed by atoms with Gasteiger partial charge in [0.25, 0.3) is 0 Å². The molecule has 0 spiro atoms. The molecule has 0 unspecified atom stereocenters. The van der Waals surface area contributed by atoms with Crippen LogP contribution in [-0.4, -0.2) is 0 Å². The van der Waals surface area contributed by atoms with Gasteiger partial charge in [-0.25, -0.2) is 0 Å². The Morgan fingerprint density at radius 2 is 1.73 bits per heavy atom. The van der Waals surface area contributed by atoms with Crippen molar-refractivity contribution in [3.63, 3.8) is 0 Å². The Labute approximate surface area is 153 Å². The van der Waals surface area contributed by atoms with Gasteiger partial charge >= 0.3 is 0 Å². The van der Waals surface area contributed by atoms with Crippen molar-refractivity contribution < 1.29 is 4.42 Å². The van der Waals surface area contributed by atoms with Crippen LogP contribution in [0.1, 0.15) is 35.3 Å². The van der Waals surface area contributed by atoms with Gasteiger partial charge in [0.2, 0.25) is 5.88 Å². The van der Waals surface area contributed by atoms with Crippen LogP contribution in [0.3, 0.4) is 0 Å². The standard InChI is InChI=1S/C22H21N3O/c1-14-10-11-21-18(12-14)23-24-19-13-15(2)26-22(19)25(21)20-9-5-7-16-6-3-4-8-17(16)20/h5,7,9-13H,3-4,6,8H2,1-2H3. The number of benzene rings is 2. The third-order valence-electron chi connectivity index (χ3n) is 5.27. The molecule has 1 aromatic heterocycles. The molecule has 1 aliphatic carbocycles. The average molecular weight is 343 g/mol. The van der Waals surface area contributed by atoms with Crippen LogP contribution in [-0.2, 0) is 12.8 Å². The molecule has 0 saturated heterocycles. The molecule has 2 heterocycles. The lowest BCUT2D eigenvalue weighted by Gasteiger charge is -2.28. The van der Waals surface area contributed by atoms with Crippen molar-refractivity contribution >= 4 is 28.6 Å². The number of rotatable bonds is 1. The highest BCUT2D eigenvalue weighted by Crippen LogP contribution is 2.50. The van der Waals surface area contributed by atoms with Crippen molar-refractivity contribution in [2.45, 2.75) is 39.5 Å². The number of azo groups is 1. The van der Waals surface area contributed by atoms with Gasteiger partial charge in [0.05, 0.1) is 11.4 Å². The second kappa shape index (κ2) is 5.84. The van der Waals surface area contributed by atoms with E-state index < -0.39 is 0 Å². The summed E-state index contributed by atoms with van der Waals surface area (Å²) in [5.74, 6) is 1.60. The maximum Gasteiger partial charge on any atom is 0.232 e. The molecule has 0 N–H and O–H groups in total. The van der Waals surface area contributed by atoms with Gasteiger partial charge in [-0.15, -0.1) is 10.2 Å². The van der Waals surface area contributed by atoms with Gasteiger partial charge in [-0.05, 0) is 74.4 Å². The summed E-state index contributed by atoms with van der Waals surface area (Å²) < 4.78 is 6.10. The van der Waals surface area contributed by atoms with E-state index in [0.717, 1.165) is 41.5 Å². The Kier molecular flexibility index (Phi) is 3.45. The molecule has 1 aliphatic heterocycles. The van der Waals surface area contributed by atoms with Gasteiger partial charge in [-0.2, -0.15) is 0 Å². The Morgan fingerprint density at radius 1 is 0.885 bits per heavy atom. The second-order valence-corrected chi connectivity index (χ2v) is 7.20. The fourth-order valence-corrected chi connectivity index (χ4v) is 4.05. The van der Waals surface area contributed by atoms with Crippen LogP contribution in [0.15, 0.2) is 57.1 Å². The van der Waals surface area contributed by atoms with Crippen LogP contribution in [0.5, 0.6) is 0 Å². The molecule has 130 valence electrons. The first kappa shape index (κ1) is 15.4. The molecular formula is C22H21N3O. The number of hydrogen-bond donors (Lipinski definition) is 0. The fraction of sp³-hybridized carbons (Fsp3) is 0.273. The summed E-state index contributed by atoms with van der Waals surface area (Å²) >= 11 is 0. The molecule has 0 saturated carbocycles. The lowest BCUT2D eigenvalue weighted by molar-refractivity contribution is 0.541. The van der Waals surface area contributed by atoms with Crippen LogP contribution < -0.4 is 4.90 Å². The SMILES string of the molecule is Cc1ccc2c(c1)N=Nc1cc(C)oc1N2c1cccc2c1CCCC2. The zero-order valence-corrected chi connectivity index (χ0v) is 15.1. The van der Waals surface area contributed by atoms with Crippen molar-refractivity contribution in [3.05, 3.63) is 64.9 Å². The van der Waals surface area contributed by atoms with Crippen molar-refractivity contribution in [1.82, 2.24) is 0 Å². The Morgan fingerprint density at radius 3 is 2.65 bits per heavy atom. The number of aryl methyl sites for hydroxylation is 3. The molecule has 2 aromatic carbocycles. The van der Waals surface area contributed by atoms with Crippen molar-refractivity contribution in [3.8, 4) is 0 Å². The number of hydrogen-bond acceptors (Lipinski definition) is 4. The molecule has 26 heavy (non-hydrogen) atoms. The molecule has 2 aliphatic rings. The molecule has 4 heteroatoms. The van der Waals surface area contributed by atoms with Gasteiger partial charge in [-0.1, -0.05) is 18.2 Å². The number of fused-ring (bicyclic) bond motifs is 3. The molecular weight excluding hydrogens is 322 g/mol. The van der Waals surface area contributed by atoms with E-state index >= 15 is 0 Å². The normalized spacial score (nSPS) is 15.2. The third kappa shape index (κ3) is 2.37. The first-order valence-electron chi connectivity index (χ1n) is 9.24. The summed E-state index contributed by atoms with van der Waals surface area (Å²) in [7, 11) is 0.